The lowest BCUT2D eigenvalue weighted by Gasteiger charge is -1.93. The molecular formula is C7H12N2. The van der Waals surface area contributed by atoms with Crippen LogP contribution in [0.4, 0.5) is 0 Å². The van der Waals surface area contributed by atoms with Crippen molar-refractivity contribution in [1.29, 1.82) is 0 Å². The highest BCUT2D eigenvalue weighted by atomic mass is 14.9. The highest BCUT2D eigenvalue weighted by Gasteiger charge is 1.81. The molecule has 0 bridgehead atoms. The summed E-state index contributed by atoms with van der Waals surface area (Å²) >= 11 is 0. The van der Waals surface area contributed by atoms with E-state index < -0.39 is 0 Å². The monoisotopic (exact) mass is 124 g/mol. The summed E-state index contributed by atoms with van der Waals surface area (Å²) in [7, 11) is 0. The molecule has 1 heterocycles. The van der Waals surface area contributed by atoms with Crippen molar-refractivity contribution in [1.82, 2.24) is 10.6 Å². The van der Waals surface area contributed by atoms with Gasteiger partial charge in [0.05, 0.1) is 0 Å². The zero-order valence-electron chi connectivity index (χ0n) is 5.43. The maximum Gasteiger partial charge on any atom is 0.0152 e. The maximum atomic E-state index is 3.25. The Morgan fingerprint density at radius 1 is 1.11 bits per heavy atom. The Morgan fingerprint density at radius 2 is 2.00 bits per heavy atom. The molecule has 0 atom stereocenters. The fourth-order valence-corrected chi connectivity index (χ4v) is 0.705. The van der Waals surface area contributed by atoms with E-state index in [2.05, 4.69) is 22.8 Å². The minimum atomic E-state index is 0.967. The molecule has 0 spiro atoms. The first-order valence-corrected chi connectivity index (χ1v) is 3.27. The van der Waals surface area contributed by atoms with Gasteiger partial charge >= 0.3 is 0 Å². The van der Waals surface area contributed by atoms with Crippen molar-refractivity contribution in [2.75, 3.05) is 13.1 Å². The van der Waals surface area contributed by atoms with E-state index in [1.165, 1.54) is 0 Å². The summed E-state index contributed by atoms with van der Waals surface area (Å²) in [5.41, 5.74) is 0. The van der Waals surface area contributed by atoms with Gasteiger partial charge in [-0.25, -0.2) is 0 Å². The van der Waals surface area contributed by atoms with Gasteiger partial charge in [0, 0.05) is 6.54 Å². The Morgan fingerprint density at radius 3 is 3.00 bits per heavy atom. The molecule has 0 aromatic rings. The fraction of sp³-hybridized carbons (Fsp3) is 0.429. The van der Waals surface area contributed by atoms with Crippen LogP contribution in [-0.4, -0.2) is 13.1 Å². The highest BCUT2D eigenvalue weighted by molar-refractivity contribution is 4.91. The third kappa shape index (κ3) is 2.93. The van der Waals surface area contributed by atoms with E-state index >= 15 is 0 Å². The van der Waals surface area contributed by atoms with Crippen molar-refractivity contribution in [3.05, 3.63) is 24.6 Å². The molecule has 1 aliphatic rings. The van der Waals surface area contributed by atoms with Crippen LogP contribution in [-0.2, 0) is 0 Å². The van der Waals surface area contributed by atoms with Gasteiger partial charge in [0.25, 0.3) is 0 Å². The van der Waals surface area contributed by atoms with Crippen LogP contribution >= 0.6 is 0 Å². The first-order valence-electron chi connectivity index (χ1n) is 3.27. The van der Waals surface area contributed by atoms with Crippen molar-refractivity contribution < 1.29 is 0 Å². The highest BCUT2D eigenvalue weighted by Crippen LogP contribution is 1.81. The second kappa shape index (κ2) is 4.15. The Bertz CT molecular complexity index is 102. The van der Waals surface area contributed by atoms with Crippen LogP contribution < -0.4 is 10.6 Å². The topological polar surface area (TPSA) is 24.1 Å². The van der Waals surface area contributed by atoms with Crippen LogP contribution in [0.15, 0.2) is 24.6 Å². The molecule has 0 aliphatic carbocycles. The maximum absolute atomic E-state index is 3.25. The standard InChI is InChI=1S/C7H12N2/c1-2-5-9-7-3-6-8-4-1/h1,3-4,6,8-9H,2,5,7H2/b4-1-,6-3-. The molecule has 2 nitrogen and oxygen atoms in total. The number of hydrogen-bond donors (Lipinski definition) is 2. The molecule has 1 aliphatic heterocycles. The average Bonchev–Trinajstić information content (AvgIpc) is 2.00. The summed E-state index contributed by atoms with van der Waals surface area (Å²) in [6, 6.07) is 0. The van der Waals surface area contributed by atoms with Crippen molar-refractivity contribution in [3.8, 4) is 0 Å². The lowest BCUT2D eigenvalue weighted by atomic mass is 10.4. The Labute approximate surface area is 55.6 Å². The first-order chi connectivity index (χ1) is 4.50. The molecule has 50 valence electrons. The first kappa shape index (κ1) is 6.36. The lowest BCUT2D eigenvalue weighted by Crippen LogP contribution is -2.13. The van der Waals surface area contributed by atoms with Gasteiger partial charge in [-0.2, -0.15) is 0 Å². The van der Waals surface area contributed by atoms with Gasteiger partial charge in [-0.1, -0.05) is 12.2 Å². The van der Waals surface area contributed by atoms with Crippen molar-refractivity contribution in [2.45, 2.75) is 6.42 Å². The fourth-order valence-electron chi connectivity index (χ4n) is 0.705. The summed E-state index contributed by atoms with van der Waals surface area (Å²) in [5, 5.41) is 6.28. The van der Waals surface area contributed by atoms with E-state index in [0.29, 0.717) is 0 Å². The summed E-state index contributed by atoms with van der Waals surface area (Å²) in [6.45, 7) is 2.04. The van der Waals surface area contributed by atoms with E-state index in [9.17, 15) is 0 Å². The molecule has 0 saturated carbocycles. The Hall–Kier alpha value is -0.760. The molecule has 2 N–H and O–H groups in total. The van der Waals surface area contributed by atoms with Gasteiger partial charge in [0.1, 0.15) is 0 Å². The normalized spacial score (nSPS) is 26.7. The number of hydrogen-bond acceptors (Lipinski definition) is 2. The molecule has 0 fully saturated rings. The van der Waals surface area contributed by atoms with Gasteiger partial charge in [0.15, 0.2) is 0 Å². The predicted molar refractivity (Wildman–Crippen MR) is 38.9 cm³/mol. The number of nitrogens with one attached hydrogen (secondary N) is 2. The minimum absolute atomic E-state index is 0.967. The van der Waals surface area contributed by atoms with Gasteiger partial charge < -0.3 is 10.6 Å². The van der Waals surface area contributed by atoms with Gasteiger partial charge in [-0.3, -0.25) is 0 Å². The molecule has 0 saturated heterocycles. The third-order valence-electron chi connectivity index (χ3n) is 1.18. The summed E-state index contributed by atoms with van der Waals surface area (Å²) in [6.07, 6.45) is 9.19. The van der Waals surface area contributed by atoms with E-state index in [-0.39, 0.29) is 0 Å². The van der Waals surface area contributed by atoms with E-state index in [4.69, 9.17) is 0 Å². The second-order valence-electron chi connectivity index (χ2n) is 1.96. The quantitative estimate of drug-likeness (QED) is 0.494. The van der Waals surface area contributed by atoms with E-state index in [1.807, 2.05) is 12.4 Å². The van der Waals surface area contributed by atoms with Gasteiger partial charge in [-0.05, 0) is 25.4 Å². The molecule has 0 unspecified atom stereocenters. The molecule has 9 heavy (non-hydrogen) atoms. The third-order valence-corrected chi connectivity index (χ3v) is 1.18. The summed E-state index contributed by atoms with van der Waals surface area (Å²) in [5.74, 6) is 0. The van der Waals surface area contributed by atoms with Gasteiger partial charge in [0.2, 0.25) is 0 Å². The summed E-state index contributed by atoms with van der Waals surface area (Å²) in [4.78, 5) is 0. The van der Waals surface area contributed by atoms with Crippen molar-refractivity contribution in [2.24, 2.45) is 0 Å². The smallest absolute Gasteiger partial charge is 0.0152 e. The zero-order chi connectivity index (χ0) is 6.36. The molecular weight excluding hydrogens is 112 g/mol. The Kier molecular flexibility index (Phi) is 2.93. The SMILES string of the molecule is C1=C\N/C=C\CNCC/1. The molecule has 1 rings (SSSR count). The van der Waals surface area contributed by atoms with Crippen molar-refractivity contribution >= 4 is 0 Å². The van der Waals surface area contributed by atoms with Crippen LogP contribution in [0.2, 0.25) is 0 Å². The molecule has 2 heteroatoms. The van der Waals surface area contributed by atoms with Crippen LogP contribution in [0.25, 0.3) is 0 Å². The lowest BCUT2D eigenvalue weighted by molar-refractivity contribution is 0.758. The van der Waals surface area contributed by atoms with Crippen LogP contribution in [0, 0.1) is 0 Å². The number of rotatable bonds is 0. The molecule has 0 radical (unpaired) electrons. The zero-order valence-corrected chi connectivity index (χ0v) is 5.43. The van der Waals surface area contributed by atoms with Crippen LogP contribution in [0.1, 0.15) is 6.42 Å². The molecule has 0 amide bonds. The van der Waals surface area contributed by atoms with Crippen LogP contribution in [0.5, 0.6) is 0 Å². The van der Waals surface area contributed by atoms with Crippen LogP contribution in [0.3, 0.4) is 0 Å². The second-order valence-corrected chi connectivity index (χ2v) is 1.96. The average molecular weight is 124 g/mol. The minimum Gasteiger partial charge on any atom is -0.368 e. The largest absolute Gasteiger partial charge is 0.368 e. The molecule has 0 aromatic carbocycles. The van der Waals surface area contributed by atoms with E-state index in [0.717, 1.165) is 19.5 Å². The van der Waals surface area contributed by atoms with E-state index in [1.54, 1.807) is 0 Å². The Balaban J connectivity index is 2.28. The molecule has 0 aromatic heterocycles. The van der Waals surface area contributed by atoms with Gasteiger partial charge in [-0.15, -0.1) is 0 Å². The summed E-state index contributed by atoms with van der Waals surface area (Å²) < 4.78 is 0. The predicted octanol–water partition coefficient (Wildman–Crippen LogP) is 0.597. The van der Waals surface area contributed by atoms with Crippen molar-refractivity contribution in [3.63, 3.8) is 0 Å².